The molecule has 3 nitrogen and oxygen atoms in total. The molecule has 0 fully saturated rings. The average molecular weight is 323 g/mol. The van der Waals surface area contributed by atoms with Gasteiger partial charge in [0.05, 0.1) is 23.0 Å². The van der Waals surface area contributed by atoms with Crippen LogP contribution >= 0.6 is 15.9 Å². The molecular formula is C15H19BrN2O. The first-order chi connectivity index (χ1) is 8.88. The smallest absolute Gasteiger partial charge is 0.131 e. The Hall–Kier alpha value is -1.29. The number of aryl methyl sites for hydroxylation is 4. The Labute approximate surface area is 122 Å². The molecule has 0 unspecified atom stereocenters. The first-order valence-corrected chi connectivity index (χ1v) is 7.02. The fraction of sp³-hybridized carbons (Fsp3) is 0.400. The van der Waals surface area contributed by atoms with Gasteiger partial charge < -0.3 is 4.74 Å². The summed E-state index contributed by atoms with van der Waals surface area (Å²) < 4.78 is 8.58. The van der Waals surface area contributed by atoms with E-state index in [-0.39, 0.29) is 0 Å². The molecule has 2 aromatic rings. The van der Waals surface area contributed by atoms with Crippen molar-refractivity contribution in [1.29, 1.82) is 0 Å². The Morgan fingerprint density at radius 2 is 1.79 bits per heavy atom. The zero-order chi connectivity index (χ0) is 14.3. The Bertz CT molecular complexity index is 644. The maximum atomic E-state index is 5.65. The molecule has 2 rings (SSSR count). The van der Waals surface area contributed by atoms with Crippen molar-refractivity contribution >= 4 is 15.9 Å². The number of rotatable bonds is 2. The third kappa shape index (κ3) is 2.18. The van der Waals surface area contributed by atoms with Gasteiger partial charge in [0.1, 0.15) is 5.75 Å². The largest absolute Gasteiger partial charge is 0.496 e. The topological polar surface area (TPSA) is 27.1 Å². The molecule has 1 aromatic heterocycles. The van der Waals surface area contributed by atoms with Crippen LogP contribution in [-0.2, 0) is 7.05 Å². The van der Waals surface area contributed by atoms with Crippen molar-refractivity contribution in [3.8, 4) is 17.0 Å². The van der Waals surface area contributed by atoms with Crippen LogP contribution in [0.1, 0.15) is 22.4 Å². The minimum atomic E-state index is 0.932. The van der Waals surface area contributed by atoms with Crippen molar-refractivity contribution in [2.75, 3.05) is 7.11 Å². The van der Waals surface area contributed by atoms with Gasteiger partial charge in [-0.05, 0) is 60.3 Å². The highest BCUT2D eigenvalue weighted by molar-refractivity contribution is 9.10. The lowest BCUT2D eigenvalue weighted by molar-refractivity contribution is 0.412. The van der Waals surface area contributed by atoms with Crippen molar-refractivity contribution in [1.82, 2.24) is 9.78 Å². The third-order valence-electron chi connectivity index (χ3n) is 3.58. The second-order valence-corrected chi connectivity index (χ2v) is 5.71. The predicted molar refractivity (Wildman–Crippen MR) is 81.8 cm³/mol. The number of halogens is 1. The molecule has 19 heavy (non-hydrogen) atoms. The van der Waals surface area contributed by atoms with E-state index >= 15 is 0 Å². The van der Waals surface area contributed by atoms with Crippen molar-refractivity contribution in [2.45, 2.75) is 27.7 Å². The van der Waals surface area contributed by atoms with Gasteiger partial charge in [-0.2, -0.15) is 5.10 Å². The highest BCUT2D eigenvalue weighted by atomic mass is 79.9. The maximum Gasteiger partial charge on any atom is 0.131 e. The summed E-state index contributed by atoms with van der Waals surface area (Å²) in [6.45, 7) is 8.31. The molecule has 4 heteroatoms. The highest BCUT2D eigenvalue weighted by Gasteiger charge is 2.21. The molecule has 0 aliphatic rings. The van der Waals surface area contributed by atoms with Crippen molar-refractivity contribution < 1.29 is 4.74 Å². The second kappa shape index (κ2) is 5.00. The van der Waals surface area contributed by atoms with E-state index in [0.29, 0.717) is 0 Å². The summed E-state index contributed by atoms with van der Waals surface area (Å²) >= 11 is 3.64. The number of benzene rings is 1. The van der Waals surface area contributed by atoms with E-state index in [4.69, 9.17) is 4.74 Å². The van der Waals surface area contributed by atoms with Crippen LogP contribution in [0, 0.1) is 27.7 Å². The normalized spacial score (nSPS) is 10.9. The standard InChI is InChI=1S/C15H19BrN2O/c1-8-7-9(2)12(15(19-6)10(8)3)14-13(16)11(4)17-18(14)5/h7H,1-6H3. The van der Waals surface area contributed by atoms with Crippen molar-refractivity contribution in [3.63, 3.8) is 0 Å². The van der Waals surface area contributed by atoms with E-state index in [0.717, 1.165) is 27.2 Å². The van der Waals surface area contributed by atoms with E-state index in [1.165, 1.54) is 16.7 Å². The third-order valence-corrected chi connectivity index (χ3v) is 4.53. The van der Waals surface area contributed by atoms with Crippen molar-refractivity contribution in [3.05, 3.63) is 32.9 Å². The Kier molecular flexibility index (Phi) is 3.72. The van der Waals surface area contributed by atoms with E-state index in [2.05, 4.69) is 47.9 Å². The van der Waals surface area contributed by atoms with Crippen LogP contribution in [0.5, 0.6) is 5.75 Å². The summed E-state index contributed by atoms with van der Waals surface area (Å²) in [6, 6.07) is 2.20. The molecule has 0 spiro atoms. The second-order valence-electron chi connectivity index (χ2n) is 4.92. The maximum absolute atomic E-state index is 5.65. The zero-order valence-corrected chi connectivity index (χ0v) is 13.8. The average Bonchev–Trinajstić information content (AvgIpc) is 2.59. The molecule has 0 aliphatic heterocycles. The molecule has 0 amide bonds. The lowest BCUT2D eigenvalue weighted by Crippen LogP contribution is -2.01. The molecule has 1 heterocycles. The summed E-state index contributed by atoms with van der Waals surface area (Å²) in [7, 11) is 3.68. The van der Waals surface area contributed by atoms with E-state index in [9.17, 15) is 0 Å². The predicted octanol–water partition coefficient (Wildman–Crippen LogP) is 4.09. The van der Waals surface area contributed by atoms with Gasteiger partial charge in [0.25, 0.3) is 0 Å². The number of methoxy groups -OCH3 is 1. The van der Waals surface area contributed by atoms with Gasteiger partial charge in [-0.1, -0.05) is 6.07 Å². The summed E-state index contributed by atoms with van der Waals surface area (Å²) in [6.07, 6.45) is 0. The van der Waals surface area contributed by atoms with Gasteiger partial charge in [0, 0.05) is 12.6 Å². The lowest BCUT2D eigenvalue weighted by atomic mass is 9.96. The van der Waals surface area contributed by atoms with Crippen molar-refractivity contribution in [2.24, 2.45) is 7.05 Å². The number of ether oxygens (including phenoxy) is 1. The molecule has 0 N–H and O–H groups in total. The van der Waals surface area contributed by atoms with Crippen LogP contribution in [0.3, 0.4) is 0 Å². The van der Waals surface area contributed by atoms with Crippen LogP contribution in [0.2, 0.25) is 0 Å². The van der Waals surface area contributed by atoms with Gasteiger partial charge in [-0.15, -0.1) is 0 Å². The molecule has 1 aromatic carbocycles. The van der Waals surface area contributed by atoms with Crippen LogP contribution in [0.15, 0.2) is 10.5 Å². The molecule has 0 atom stereocenters. The molecule has 0 aliphatic carbocycles. The first-order valence-electron chi connectivity index (χ1n) is 6.22. The summed E-state index contributed by atoms with van der Waals surface area (Å²) in [4.78, 5) is 0. The molecule has 102 valence electrons. The van der Waals surface area contributed by atoms with Crippen LogP contribution in [0.4, 0.5) is 0 Å². The van der Waals surface area contributed by atoms with Gasteiger partial charge >= 0.3 is 0 Å². The highest BCUT2D eigenvalue weighted by Crippen LogP contribution is 2.41. The minimum Gasteiger partial charge on any atom is -0.496 e. The lowest BCUT2D eigenvalue weighted by Gasteiger charge is -2.17. The summed E-state index contributed by atoms with van der Waals surface area (Å²) in [5.41, 5.74) is 6.78. The number of hydrogen-bond acceptors (Lipinski definition) is 2. The summed E-state index contributed by atoms with van der Waals surface area (Å²) in [5.74, 6) is 0.932. The van der Waals surface area contributed by atoms with Crippen LogP contribution in [0.25, 0.3) is 11.3 Å². The number of hydrogen-bond donors (Lipinski definition) is 0. The molecule has 0 saturated carbocycles. The van der Waals surface area contributed by atoms with Gasteiger partial charge in [0.2, 0.25) is 0 Å². The van der Waals surface area contributed by atoms with Crippen LogP contribution < -0.4 is 4.74 Å². The molecule has 0 radical (unpaired) electrons. The van der Waals surface area contributed by atoms with Gasteiger partial charge in [0.15, 0.2) is 0 Å². The van der Waals surface area contributed by atoms with E-state index in [1.54, 1.807) is 7.11 Å². The molecule has 0 saturated heterocycles. The first kappa shape index (κ1) is 14.1. The number of nitrogens with zero attached hydrogens (tertiary/aromatic N) is 2. The monoisotopic (exact) mass is 322 g/mol. The van der Waals surface area contributed by atoms with E-state index < -0.39 is 0 Å². The molecule has 0 bridgehead atoms. The van der Waals surface area contributed by atoms with Crippen LogP contribution in [-0.4, -0.2) is 16.9 Å². The van der Waals surface area contributed by atoms with E-state index in [1.807, 2.05) is 18.7 Å². The molecular weight excluding hydrogens is 304 g/mol. The Morgan fingerprint density at radius 1 is 1.16 bits per heavy atom. The number of aromatic nitrogens is 2. The zero-order valence-electron chi connectivity index (χ0n) is 12.3. The van der Waals surface area contributed by atoms with Gasteiger partial charge in [-0.25, -0.2) is 0 Å². The SMILES string of the molecule is COc1c(C)c(C)cc(C)c1-c1c(Br)c(C)nn1C. The fourth-order valence-electron chi connectivity index (χ4n) is 2.50. The van der Waals surface area contributed by atoms with Gasteiger partial charge in [-0.3, -0.25) is 4.68 Å². The minimum absolute atomic E-state index is 0.932. The Morgan fingerprint density at radius 3 is 2.26 bits per heavy atom. The Balaban J connectivity index is 2.86. The quantitative estimate of drug-likeness (QED) is 0.832. The fourth-order valence-corrected chi connectivity index (χ4v) is 3.04. The summed E-state index contributed by atoms with van der Waals surface area (Å²) in [5, 5.41) is 4.47.